The quantitative estimate of drug-likeness (QED) is 0.452. The van der Waals surface area contributed by atoms with Gasteiger partial charge in [-0.05, 0) is 36.4 Å². The molecule has 0 saturated carbocycles. The van der Waals surface area contributed by atoms with Crippen LogP contribution in [0, 0.1) is 0 Å². The molecule has 0 bridgehead atoms. The van der Waals surface area contributed by atoms with Crippen molar-refractivity contribution in [3.05, 3.63) is 60.4 Å². The average molecular weight is 557 g/mol. The van der Waals surface area contributed by atoms with Gasteiger partial charge in [0, 0.05) is 23.5 Å². The van der Waals surface area contributed by atoms with Gasteiger partial charge >= 0.3 is 6.09 Å². The zero-order chi connectivity index (χ0) is 26.9. The van der Waals surface area contributed by atoms with E-state index in [0.29, 0.717) is 30.0 Å². The predicted molar refractivity (Wildman–Crippen MR) is 142 cm³/mol. The number of carbonyl (C=O) groups excluding carboxylic acids is 3. The molecule has 3 aromatic rings. The SMILES string of the molecule is CCCC(NC(=O)Oc1cc2ccccc2s1)C(=O)N1CCC2C1C(=O)CN2S(=O)(=O)Cc1ccccn1. The van der Waals surface area contributed by atoms with E-state index in [9.17, 15) is 22.8 Å². The number of pyridine rings is 1. The van der Waals surface area contributed by atoms with Crippen molar-refractivity contribution in [3.63, 3.8) is 0 Å². The summed E-state index contributed by atoms with van der Waals surface area (Å²) in [6.07, 6.45) is 2.07. The smallest absolute Gasteiger partial charge is 0.399 e. The maximum absolute atomic E-state index is 13.5. The fourth-order valence-corrected chi connectivity index (χ4v) is 7.73. The van der Waals surface area contributed by atoms with Crippen molar-refractivity contribution in [1.29, 1.82) is 0 Å². The summed E-state index contributed by atoms with van der Waals surface area (Å²) in [5, 5.41) is 4.02. The average Bonchev–Trinajstić information content (AvgIpc) is 3.58. The number of benzene rings is 1. The summed E-state index contributed by atoms with van der Waals surface area (Å²) in [5.41, 5.74) is 0.388. The highest BCUT2D eigenvalue weighted by Gasteiger charge is 2.54. The zero-order valence-electron chi connectivity index (χ0n) is 20.8. The number of sulfonamides is 1. The number of rotatable bonds is 8. The molecule has 1 N–H and O–H groups in total. The van der Waals surface area contributed by atoms with Crippen LogP contribution in [0.1, 0.15) is 31.9 Å². The zero-order valence-corrected chi connectivity index (χ0v) is 22.4. The summed E-state index contributed by atoms with van der Waals surface area (Å²) in [5.74, 6) is -1.06. The molecule has 1 aromatic carbocycles. The minimum atomic E-state index is -3.82. The minimum absolute atomic E-state index is 0.225. The third kappa shape index (κ3) is 5.29. The van der Waals surface area contributed by atoms with Crippen LogP contribution in [-0.4, -0.2) is 71.6 Å². The van der Waals surface area contributed by atoms with E-state index in [1.807, 2.05) is 31.2 Å². The third-order valence-corrected chi connectivity index (χ3v) is 9.61. The van der Waals surface area contributed by atoms with E-state index in [1.165, 1.54) is 26.7 Å². The van der Waals surface area contributed by atoms with Gasteiger partial charge in [0.25, 0.3) is 0 Å². The van der Waals surface area contributed by atoms with E-state index in [2.05, 4.69) is 10.3 Å². The van der Waals surface area contributed by atoms with Gasteiger partial charge < -0.3 is 15.0 Å². The standard InChI is InChI=1S/C26H28N4O6S2/c1-2-7-19(28-26(33)36-23-14-17-8-3-4-10-22(17)37-23)25(32)29-13-11-20-24(29)21(31)15-30(20)38(34,35)16-18-9-5-6-12-27-18/h3-6,8-10,12,14,19-20,24H,2,7,11,13,15-16H2,1H3,(H,28,33). The van der Waals surface area contributed by atoms with Gasteiger partial charge in [-0.15, -0.1) is 0 Å². The summed E-state index contributed by atoms with van der Waals surface area (Å²) < 4.78 is 33.9. The van der Waals surface area contributed by atoms with Crippen molar-refractivity contribution in [2.24, 2.45) is 0 Å². The lowest BCUT2D eigenvalue weighted by Gasteiger charge is -2.28. The fraction of sp³-hybridized carbons (Fsp3) is 0.385. The second kappa shape index (κ2) is 10.8. The maximum atomic E-state index is 13.5. The first-order valence-corrected chi connectivity index (χ1v) is 14.9. The lowest BCUT2D eigenvalue weighted by Crippen LogP contribution is -2.53. The number of ketones is 1. The van der Waals surface area contributed by atoms with Gasteiger partial charge in [0.2, 0.25) is 15.9 Å². The highest BCUT2D eigenvalue weighted by atomic mass is 32.2. The summed E-state index contributed by atoms with van der Waals surface area (Å²) >= 11 is 1.33. The van der Waals surface area contributed by atoms with Gasteiger partial charge in [-0.1, -0.05) is 48.9 Å². The van der Waals surface area contributed by atoms with Crippen LogP contribution >= 0.6 is 11.3 Å². The molecule has 12 heteroatoms. The first-order chi connectivity index (χ1) is 18.3. The number of nitrogens with one attached hydrogen (secondary N) is 1. The molecule has 4 heterocycles. The number of aromatic nitrogens is 1. The number of Topliss-reactive ketones (excluding diaryl/α,β-unsaturated/α-hetero) is 1. The fourth-order valence-electron chi connectivity index (χ4n) is 5.15. The molecule has 38 heavy (non-hydrogen) atoms. The van der Waals surface area contributed by atoms with Crippen LogP contribution in [-0.2, 0) is 25.4 Å². The van der Waals surface area contributed by atoms with Crippen molar-refractivity contribution in [2.45, 2.75) is 50.1 Å². The molecule has 2 aliphatic rings. The van der Waals surface area contributed by atoms with E-state index in [1.54, 1.807) is 24.3 Å². The van der Waals surface area contributed by atoms with Crippen molar-refractivity contribution < 1.29 is 27.5 Å². The lowest BCUT2D eigenvalue weighted by molar-refractivity contribution is -0.138. The van der Waals surface area contributed by atoms with Crippen LogP contribution in [0.2, 0.25) is 0 Å². The molecule has 0 spiro atoms. The molecule has 10 nitrogen and oxygen atoms in total. The molecule has 2 aliphatic heterocycles. The van der Waals surface area contributed by atoms with E-state index in [0.717, 1.165) is 10.1 Å². The molecule has 0 aliphatic carbocycles. The number of hydrogen-bond donors (Lipinski definition) is 1. The van der Waals surface area contributed by atoms with Crippen LogP contribution in [0.4, 0.5) is 4.79 Å². The Labute approximate surface area is 224 Å². The van der Waals surface area contributed by atoms with Gasteiger partial charge in [0.1, 0.15) is 17.8 Å². The third-order valence-electron chi connectivity index (χ3n) is 6.84. The Morgan fingerprint density at radius 1 is 1.21 bits per heavy atom. The molecule has 200 valence electrons. The van der Waals surface area contributed by atoms with Gasteiger partial charge in [0.15, 0.2) is 10.8 Å². The van der Waals surface area contributed by atoms with Crippen molar-refractivity contribution >= 4 is 49.2 Å². The van der Waals surface area contributed by atoms with Crippen LogP contribution in [0.15, 0.2) is 54.7 Å². The monoisotopic (exact) mass is 556 g/mol. The lowest BCUT2D eigenvalue weighted by atomic mass is 10.1. The molecule has 5 rings (SSSR count). The topological polar surface area (TPSA) is 126 Å². The Balaban J connectivity index is 1.27. The van der Waals surface area contributed by atoms with Crippen LogP contribution in [0.3, 0.4) is 0 Å². The van der Waals surface area contributed by atoms with Crippen LogP contribution in [0.5, 0.6) is 5.06 Å². The molecular formula is C26H28N4O6S2. The number of thiophene rings is 1. The number of ether oxygens (including phenoxy) is 1. The summed E-state index contributed by atoms with van der Waals surface area (Å²) in [6, 6.07) is 12.0. The molecule has 3 atom stereocenters. The molecule has 2 saturated heterocycles. The molecule has 2 fully saturated rings. The number of amides is 2. The molecule has 0 radical (unpaired) electrons. The molecular weight excluding hydrogens is 528 g/mol. The van der Waals surface area contributed by atoms with Gasteiger partial charge in [-0.25, -0.2) is 13.2 Å². The second-order valence-corrected chi connectivity index (χ2v) is 12.4. The first kappa shape index (κ1) is 26.3. The van der Waals surface area contributed by atoms with Gasteiger partial charge in [0.05, 0.1) is 18.3 Å². The normalized spacial score (nSPS) is 20.4. The Morgan fingerprint density at radius 3 is 2.74 bits per heavy atom. The predicted octanol–water partition coefficient (Wildman–Crippen LogP) is 2.94. The van der Waals surface area contributed by atoms with Gasteiger partial charge in [-0.2, -0.15) is 4.31 Å². The van der Waals surface area contributed by atoms with E-state index >= 15 is 0 Å². The number of nitrogens with zero attached hydrogens (tertiary/aromatic N) is 3. The van der Waals surface area contributed by atoms with Crippen molar-refractivity contribution in [3.8, 4) is 5.06 Å². The summed E-state index contributed by atoms with van der Waals surface area (Å²) in [6.45, 7) is 1.83. The van der Waals surface area contributed by atoms with E-state index < -0.39 is 40.1 Å². The van der Waals surface area contributed by atoms with Crippen molar-refractivity contribution in [2.75, 3.05) is 13.1 Å². The highest BCUT2D eigenvalue weighted by molar-refractivity contribution is 7.88. The Kier molecular flexibility index (Phi) is 7.46. The Morgan fingerprint density at radius 2 is 2.00 bits per heavy atom. The highest BCUT2D eigenvalue weighted by Crippen LogP contribution is 2.34. The summed E-state index contributed by atoms with van der Waals surface area (Å²) in [7, 11) is -3.82. The number of fused-ring (bicyclic) bond motifs is 2. The van der Waals surface area contributed by atoms with E-state index in [4.69, 9.17) is 4.74 Å². The second-order valence-electron chi connectivity index (χ2n) is 9.40. The number of hydrogen-bond acceptors (Lipinski definition) is 8. The molecule has 2 aromatic heterocycles. The molecule has 3 unspecified atom stereocenters. The summed E-state index contributed by atoms with van der Waals surface area (Å²) in [4.78, 5) is 44.7. The van der Waals surface area contributed by atoms with Gasteiger partial charge in [-0.3, -0.25) is 14.6 Å². The Bertz CT molecular complexity index is 1430. The Hall–Kier alpha value is -3.35. The van der Waals surface area contributed by atoms with Crippen LogP contribution < -0.4 is 10.1 Å². The largest absolute Gasteiger partial charge is 0.414 e. The number of likely N-dealkylation sites (tertiary alicyclic amines) is 1. The first-order valence-electron chi connectivity index (χ1n) is 12.5. The molecule has 2 amide bonds. The van der Waals surface area contributed by atoms with Crippen LogP contribution in [0.25, 0.3) is 10.1 Å². The van der Waals surface area contributed by atoms with E-state index in [-0.39, 0.29) is 24.6 Å². The van der Waals surface area contributed by atoms with Crippen molar-refractivity contribution in [1.82, 2.24) is 19.5 Å². The maximum Gasteiger partial charge on any atom is 0.414 e. The number of carbonyl (C=O) groups is 3. The minimum Gasteiger partial charge on any atom is -0.399 e.